The normalized spacial score (nSPS) is 27.1. The molecule has 0 amide bonds. The van der Waals surface area contributed by atoms with Crippen LogP contribution in [-0.4, -0.2) is 17.8 Å². The summed E-state index contributed by atoms with van der Waals surface area (Å²) in [6.07, 6.45) is 2.36. The highest BCUT2D eigenvalue weighted by atomic mass is 32.2. The first-order chi connectivity index (χ1) is 5.31. The molecule has 1 rings (SSSR count). The van der Waals surface area contributed by atoms with Gasteiger partial charge in [0, 0.05) is 0 Å². The summed E-state index contributed by atoms with van der Waals surface area (Å²) in [7, 11) is 0.529. The van der Waals surface area contributed by atoms with Crippen molar-refractivity contribution < 1.29 is 0 Å². The van der Waals surface area contributed by atoms with E-state index in [0.29, 0.717) is 10.9 Å². The van der Waals surface area contributed by atoms with Gasteiger partial charge >= 0.3 is 0 Å². The lowest BCUT2D eigenvalue weighted by Gasteiger charge is -2.16. The molecule has 0 atom stereocenters. The summed E-state index contributed by atoms with van der Waals surface area (Å²) in [4.78, 5) is 0. The van der Waals surface area contributed by atoms with Crippen LogP contribution >= 0.6 is 0 Å². The third-order valence-corrected chi connectivity index (χ3v) is 4.38. The van der Waals surface area contributed by atoms with Crippen LogP contribution in [-0.2, 0) is 10.9 Å². The van der Waals surface area contributed by atoms with Crippen LogP contribution < -0.4 is 0 Å². The van der Waals surface area contributed by atoms with Gasteiger partial charge in [-0.3, -0.25) is 0 Å². The van der Waals surface area contributed by atoms with E-state index in [1.165, 1.54) is 11.5 Å². The van der Waals surface area contributed by atoms with Crippen LogP contribution in [0.25, 0.3) is 0 Å². The van der Waals surface area contributed by atoms with Gasteiger partial charge in [-0.2, -0.15) is 0 Å². The highest BCUT2D eigenvalue weighted by Gasteiger charge is 2.34. The average Bonchev–Trinajstić information content (AvgIpc) is 1.87. The maximum atomic E-state index is 3.40. The summed E-state index contributed by atoms with van der Waals surface area (Å²) in [5.74, 6) is 9.33. The lowest BCUT2D eigenvalue weighted by molar-refractivity contribution is 0.574. The molecule has 0 spiro atoms. The molecule has 68 valence electrons. The molecule has 0 saturated heterocycles. The maximum absolute atomic E-state index is 3.40. The molecule has 0 fully saturated rings. The Kier molecular flexibility index (Phi) is 2.50. The minimum Gasteiger partial charge on any atom is -0.0914 e. The fourth-order valence-electron chi connectivity index (χ4n) is 1.69. The molecule has 0 aliphatic carbocycles. The molecular formula is C11H19S+. The zero-order chi connectivity index (χ0) is 9.41. The van der Waals surface area contributed by atoms with Gasteiger partial charge in [0.15, 0.2) is 0 Å². The second kappa shape index (κ2) is 3.00. The van der Waals surface area contributed by atoms with Crippen LogP contribution in [0.2, 0.25) is 0 Å². The third-order valence-electron chi connectivity index (χ3n) is 1.95. The van der Waals surface area contributed by atoms with Gasteiger partial charge in [-0.25, -0.2) is 0 Å². The van der Waals surface area contributed by atoms with Gasteiger partial charge in [0.25, 0.3) is 0 Å². The molecule has 0 bridgehead atoms. The molecule has 1 aliphatic heterocycles. The zero-order valence-electron chi connectivity index (χ0n) is 8.82. The largest absolute Gasteiger partial charge is 0.123 e. The van der Waals surface area contributed by atoms with Crippen molar-refractivity contribution in [2.24, 2.45) is 10.8 Å². The van der Waals surface area contributed by atoms with Crippen molar-refractivity contribution in [1.82, 2.24) is 0 Å². The van der Waals surface area contributed by atoms with Crippen LogP contribution in [0.3, 0.4) is 0 Å². The lowest BCUT2D eigenvalue weighted by Crippen LogP contribution is -2.26. The van der Waals surface area contributed by atoms with Gasteiger partial charge in [-0.1, -0.05) is 11.8 Å². The minimum atomic E-state index is 0.242. The molecule has 0 unspecified atom stereocenters. The van der Waals surface area contributed by atoms with Crippen LogP contribution in [0.4, 0.5) is 0 Å². The first-order valence-corrected chi connectivity index (χ1v) is 6.41. The van der Waals surface area contributed by atoms with Gasteiger partial charge in [-0.05, 0) is 38.6 Å². The zero-order valence-corrected chi connectivity index (χ0v) is 9.64. The van der Waals surface area contributed by atoms with E-state index in [2.05, 4.69) is 45.8 Å². The van der Waals surface area contributed by atoms with Crippen LogP contribution in [0.15, 0.2) is 0 Å². The van der Waals surface area contributed by atoms with Crippen molar-refractivity contribution in [3.8, 4) is 11.8 Å². The van der Waals surface area contributed by atoms with E-state index in [0.717, 1.165) is 0 Å². The van der Waals surface area contributed by atoms with Crippen molar-refractivity contribution >= 4 is 10.9 Å². The summed E-state index contributed by atoms with van der Waals surface area (Å²) in [6.45, 7) is 9.02. The predicted octanol–water partition coefficient (Wildman–Crippen LogP) is 2.30. The standard InChI is InChI=1S/C11H19S/c1-10(2)6-7-11(3,4)9-12(5)8-10/h8-9H2,1-5H3/q+1. The summed E-state index contributed by atoms with van der Waals surface area (Å²) in [5.41, 5.74) is 0.483. The maximum Gasteiger partial charge on any atom is 0.123 e. The first-order valence-electron chi connectivity index (χ1n) is 4.44. The highest BCUT2D eigenvalue weighted by molar-refractivity contribution is 7.96. The van der Waals surface area contributed by atoms with E-state index >= 15 is 0 Å². The molecule has 0 nitrogen and oxygen atoms in total. The Balaban J connectivity index is 2.88. The molecule has 1 heteroatoms. The van der Waals surface area contributed by atoms with Gasteiger partial charge in [0.2, 0.25) is 0 Å². The summed E-state index contributed by atoms with van der Waals surface area (Å²) < 4.78 is 0. The Bertz CT molecular complexity index is 205. The molecule has 0 saturated carbocycles. The lowest BCUT2D eigenvalue weighted by atomic mass is 9.92. The summed E-state index contributed by atoms with van der Waals surface area (Å²) >= 11 is 0. The Morgan fingerprint density at radius 3 is 1.58 bits per heavy atom. The van der Waals surface area contributed by atoms with Gasteiger partial charge in [-0.15, -0.1) is 0 Å². The molecular weight excluding hydrogens is 164 g/mol. The minimum absolute atomic E-state index is 0.242. The fourth-order valence-corrected chi connectivity index (χ4v) is 4.40. The summed E-state index contributed by atoms with van der Waals surface area (Å²) in [6, 6.07) is 0. The quantitative estimate of drug-likeness (QED) is 0.399. The van der Waals surface area contributed by atoms with Crippen molar-refractivity contribution in [2.75, 3.05) is 17.8 Å². The van der Waals surface area contributed by atoms with E-state index in [-0.39, 0.29) is 10.8 Å². The third kappa shape index (κ3) is 2.75. The van der Waals surface area contributed by atoms with Gasteiger partial charge in [0.1, 0.15) is 11.5 Å². The van der Waals surface area contributed by atoms with E-state index in [1.54, 1.807) is 0 Å². The monoisotopic (exact) mass is 183 g/mol. The fraction of sp³-hybridized carbons (Fsp3) is 0.818. The molecule has 0 N–H and O–H groups in total. The van der Waals surface area contributed by atoms with E-state index in [9.17, 15) is 0 Å². The second-order valence-corrected chi connectivity index (χ2v) is 7.23. The molecule has 0 aromatic rings. The number of rotatable bonds is 0. The van der Waals surface area contributed by atoms with E-state index < -0.39 is 0 Å². The van der Waals surface area contributed by atoms with Gasteiger partial charge in [0.05, 0.1) is 17.1 Å². The Morgan fingerprint density at radius 2 is 1.25 bits per heavy atom. The van der Waals surface area contributed by atoms with Crippen LogP contribution in [0.5, 0.6) is 0 Å². The smallest absolute Gasteiger partial charge is 0.0914 e. The van der Waals surface area contributed by atoms with Crippen LogP contribution in [0.1, 0.15) is 27.7 Å². The van der Waals surface area contributed by atoms with E-state index in [1.807, 2.05) is 0 Å². The molecule has 0 aromatic heterocycles. The predicted molar refractivity (Wildman–Crippen MR) is 58.4 cm³/mol. The highest BCUT2D eigenvalue weighted by Crippen LogP contribution is 2.27. The number of hydrogen-bond acceptors (Lipinski definition) is 0. The van der Waals surface area contributed by atoms with Crippen molar-refractivity contribution in [1.29, 1.82) is 0 Å². The van der Waals surface area contributed by atoms with E-state index in [4.69, 9.17) is 0 Å². The topological polar surface area (TPSA) is 0 Å². The Labute approximate surface area is 79.5 Å². The van der Waals surface area contributed by atoms with Crippen molar-refractivity contribution in [3.05, 3.63) is 0 Å². The molecule has 1 aliphatic rings. The average molecular weight is 183 g/mol. The molecule has 0 radical (unpaired) electrons. The SMILES string of the molecule is C[S+]1CC(C)(C)C#CC(C)(C)C1. The van der Waals surface area contributed by atoms with Crippen LogP contribution in [0, 0.1) is 22.7 Å². The van der Waals surface area contributed by atoms with Gasteiger partial charge < -0.3 is 0 Å². The summed E-state index contributed by atoms with van der Waals surface area (Å²) in [5, 5.41) is 0. The Hall–Kier alpha value is -0.0900. The van der Waals surface area contributed by atoms with Crippen molar-refractivity contribution in [3.63, 3.8) is 0 Å². The second-order valence-electron chi connectivity index (χ2n) is 5.09. The first kappa shape index (κ1) is 9.99. The molecule has 0 aromatic carbocycles. The Morgan fingerprint density at radius 1 is 0.917 bits per heavy atom. The van der Waals surface area contributed by atoms with Crippen molar-refractivity contribution in [2.45, 2.75) is 27.7 Å². The number of hydrogen-bond donors (Lipinski definition) is 0. The molecule has 12 heavy (non-hydrogen) atoms. The molecule has 1 heterocycles.